The molecule has 0 saturated carbocycles. The monoisotopic (exact) mass is 354 g/mol. The quantitative estimate of drug-likeness (QED) is 0.881. The van der Waals surface area contributed by atoms with Crippen LogP contribution in [0.3, 0.4) is 0 Å². The normalized spacial score (nSPS) is 17.6. The Balaban J connectivity index is 2.04. The van der Waals surface area contributed by atoms with Gasteiger partial charge in [0, 0.05) is 42.8 Å². The molecule has 1 amide bonds. The fraction of sp³-hybridized carbons (Fsp3) is 0.562. The van der Waals surface area contributed by atoms with Crippen LogP contribution in [0.25, 0.3) is 0 Å². The molecule has 1 aliphatic heterocycles. The molecule has 1 aliphatic rings. The lowest BCUT2D eigenvalue weighted by atomic mass is 9.99. The number of rotatable bonds is 5. The summed E-state index contributed by atoms with van der Waals surface area (Å²) in [6.45, 7) is 6.50. The van der Waals surface area contributed by atoms with E-state index < -0.39 is 0 Å². The van der Waals surface area contributed by atoms with Gasteiger partial charge in [0.25, 0.3) is 5.91 Å². The van der Waals surface area contributed by atoms with Gasteiger partial charge in [-0.05, 0) is 30.2 Å². The van der Waals surface area contributed by atoms with Crippen LogP contribution < -0.4 is 0 Å². The lowest BCUT2D eigenvalue weighted by Crippen LogP contribution is -2.57. The molecule has 5 heteroatoms. The van der Waals surface area contributed by atoms with Crippen molar-refractivity contribution in [3.63, 3.8) is 0 Å². The van der Waals surface area contributed by atoms with Gasteiger partial charge < -0.3 is 10.0 Å². The van der Waals surface area contributed by atoms with Gasteiger partial charge in [-0.25, -0.2) is 0 Å². The van der Waals surface area contributed by atoms with Crippen LogP contribution in [-0.2, 0) is 0 Å². The molecule has 1 saturated heterocycles. The van der Waals surface area contributed by atoms with Gasteiger partial charge in [0.1, 0.15) is 0 Å². The number of nitrogens with zero attached hydrogens (tertiary/aromatic N) is 2. The van der Waals surface area contributed by atoms with Gasteiger partial charge in [-0.1, -0.05) is 29.8 Å². The first-order chi connectivity index (χ1) is 9.88. The van der Waals surface area contributed by atoms with Crippen molar-refractivity contribution in [3.8, 4) is 0 Å². The number of hydrogen-bond donors (Lipinski definition) is 1. The summed E-state index contributed by atoms with van der Waals surface area (Å²) in [5.74, 6) is 0.411. The van der Waals surface area contributed by atoms with Gasteiger partial charge in [0.05, 0.1) is 6.10 Å². The molecule has 0 radical (unpaired) electrons. The number of hydrogen-bond acceptors (Lipinski definition) is 3. The fourth-order valence-electron chi connectivity index (χ4n) is 2.68. The summed E-state index contributed by atoms with van der Waals surface area (Å²) >= 11 is 3.38. The summed E-state index contributed by atoms with van der Waals surface area (Å²) < 4.78 is 0.969. The maximum atomic E-state index is 12.6. The second-order valence-corrected chi connectivity index (χ2v) is 7.02. The minimum Gasteiger partial charge on any atom is -0.390 e. The van der Waals surface area contributed by atoms with E-state index in [0.29, 0.717) is 24.6 Å². The SMILES string of the molecule is CC(C)C(CN1CC(O)C1)N(C)C(=O)c1ccc(Br)cc1. The Morgan fingerprint density at radius 1 is 1.38 bits per heavy atom. The Morgan fingerprint density at radius 2 is 1.95 bits per heavy atom. The molecule has 0 bridgehead atoms. The van der Waals surface area contributed by atoms with Gasteiger partial charge in [0.15, 0.2) is 0 Å². The molecule has 1 aromatic rings. The molecule has 116 valence electrons. The van der Waals surface area contributed by atoms with E-state index in [-0.39, 0.29) is 18.1 Å². The van der Waals surface area contributed by atoms with E-state index >= 15 is 0 Å². The van der Waals surface area contributed by atoms with E-state index in [0.717, 1.165) is 11.0 Å². The van der Waals surface area contributed by atoms with Crippen molar-refractivity contribution in [1.29, 1.82) is 0 Å². The van der Waals surface area contributed by atoms with Gasteiger partial charge in [-0.2, -0.15) is 0 Å². The number of likely N-dealkylation sites (N-methyl/N-ethyl adjacent to an activating group) is 1. The third-order valence-corrected chi connectivity index (χ3v) is 4.59. The molecule has 0 spiro atoms. The molecule has 1 aromatic carbocycles. The number of aliphatic hydroxyl groups excluding tert-OH is 1. The Labute approximate surface area is 134 Å². The number of β-amino-alcohol motifs (C(OH)–C–C–N with tert-alkyl or cyclic N) is 1. The van der Waals surface area contributed by atoms with E-state index in [2.05, 4.69) is 34.7 Å². The number of aliphatic hydroxyl groups is 1. The number of carbonyl (C=O) groups is 1. The zero-order valence-electron chi connectivity index (χ0n) is 12.8. The minimum atomic E-state index is -0.203. The van der Waals surface area contributed by atoms with Crippen LogP contribution in [-0.4, -0.2) is 59.6 Å². The molecule has 0 aromatic heterocycles. The number of carbonyl (C=O) groups excluding carboxylic acids is 1. The minimum absolute atomic E-state index is 0.0438. The maximum absolute atomic E-state index is 12.6. The highest BCUT2D eigenvalue weighted by Gasteiger charge is 2.31. The zero-order chi connectivity index (χ0) is 15.6. The van der Waals surface area contributed by atoms with Crippen molar-refractivity contribution in [2.45, 2.75) is 26.0 Å². The highest BCUT2D eigenvalue weighted by Crippen LogP contribution is 2.19. The molecule has 2 rings (SSSR count). The molecule has 1 N–H and O–H groups in total. The van der Waals surface area contributed by atoms with E-state index in [1.54, 1.807) is 0 Å². The first-order valence-corrected chi connectivity index (χ1v) is 8.11. The van der Waals surface area contributed by atoms with Crippen LogP contribution >= 0.6 is 15.9 Å². The van der Waals surface area contributed by atoms with E-state index in [4.69, 9.17) is 0 Å². The van der Waals surface area contributed by atoms with Crippen LogP contribution in [0.4, 0.5) is 0 Å². The highest BCUT2D eigenvalue weighted by atomic mass is 79.9. The van der Waals surface area contributed by atoms with Crippen LogP contribution in [0.2, 0.25) is 0 Å². The Bertz CT molecular complexity index is 484. The smallest absolute Gasteiger partial charge is 0.253 e. The number of halogens is 1. The summed E-state index contributed by atoms with van der Waals surface area (Å²) in [7, 11) is 1.87. The second-order valence-electron chi connectivity index (χ2n) is 6.11. The first-order valence-electron chi connectivity index (χ1n) is 7.31. The van der Waals surface area contributed by atoms with Crippen molar-refractivity contribution < 1.29 is 9.90 Å². The van der Waals surface area contributed by atoms with Gasteiger partial charge in [0.2, 0.25) is 0 Å². The number of amides is 1. The molecule has 21 heavy (non-hydrogen) atoms. The fourth-order valence-corrected chi connectivity index (χ4v) is 2.95. The Kier molecular flexibility index (Phi) is 5.41. The van der Waals surface area contributed by atoms with Crippen molar-refractivity contribution >= 4 is 21.8 Å². The standard InChI is InChI=1S/C16H23BrN2O2/c1-11(2)15(10-19-8-14(20)9-19)18(3)16(21)12-4-6-13(17)7-5-12/h4-7,11,14-15,20H,8-10H2,1-3H3. The molecular weight excluding hydrogens is 332 g/mol. The number of likely N-dealkylation sites (tertiary alicyclic amines) is 1. The third-order valence-electron chi connectivity index (χ3n) is 4.06. The van der Waals surface area contributed by atoms with Crippen LogP contribution in [0.15, 0.2) is 28.7 Å². The summed E-state index contributed by atoms with van der Waals surface area (Å²) in [4.78, 5) is 16.6. The molecule has 1 heterocycles. The molecule has 0 aliphatic carbocycles. The summed E-state index contributed by atoms with van der Waals surface area (Å²) in [6.07, 6.45) is -0.203. The molecule has 1 fully saturated rings. The predicted octanol–water partition coefficient (Wildman–Crippen LogP) is 2.22. The molecule has 1 atom stereocenters. The van der Waals surface area contributed by atoms with Crippen molar-refractivity contribution in [3.05, 3.63) is 34.3 Å². The number of benzene rings is 1. The summed E-state index contributed by atoms with van der Waals surface area (Å²) in [5.41, 5.74) is 0.704. The van der Waals surface area contributed by atoms with E-state index in [1.807, 2.05) is 36.2 Å². The van der Waals surface area contributed by atoms with Crippen LogP contribution in [0, 0.1) is 5.92 Å². The van der Waals surface area contributed by atoms with Crippen LogP contribution in [0.5, 0.6) is 0 Å². The van der Waals surface area contributed by atoms with Crippen LogP contribution in [0.1, 0.15) is 24.2 Å². The third kappa shape index (κ3) is 4.05. The average molecular weight is 355 g/mol. The second kappa shape index (κ2) is 6.90. The first kappa shape index (κ1) is 16.5. The van der Waals surface area contributed by atoms with Crippen molar-refractivity contribution in [2.75, 3.05) is 26.7 Å². The maximum Gasteiger partial charge on any atom is 0.253 e. The Morgan fingerprint density at radius 3 is 2.43 bits per heavy atom. The Hall–Kier alpha value is -0.910. The van der Waals surface area contributed by atoms with Crippen molar-refractivity contribution in [1.82, 2.24) is 9.80 Å². The molecule has 1 unspecified atom stereocenters. The van der Waals surface area contributed by atoms with Crippen molar-refractivity contribution in [2.24, 2.45) is 5.92 Å². The van der Waals surface area contributed by atoms with Gasteiger partial charge in [-0.3, -0.25) is 9.69 Å². The average Bonchev–Trinajstić information content (AvgIpc) is 2.41. The van der Waals surface area contributed by atoms with Gasteiger partial charge >= 0.3 is 0 Å². The van der Waals surface area contributed by atoms with Gasteiger partial charge in [-0.15, -0.1) is 0 Å². The zero-order valence-corrected chi connectivity index (χ0v) is 14.4. The van der Waals surface area contributed by atoms with E-state index in [9.17, 15) is 9.90 Å². The summed E-state index contributed by atoms with van der Waals surface area (Å²) in [6, 6.07) is 7.60. The topological polar surface area (TPSA) is 43.8 Å². The lowest BCUT2D eigenvalue weighted by Gasteiger charge is -2.41. The molecular formula is C16H23BrN2O2. The predicted molar refractivity (Wildman–Crippen MR) is 87.3 cm³/mol. The largest absolute Gasteiger partial charge is 0.390 e. The lowest BCUT2D eigenvalue weighted by molar-refractivity contribution is -0.0152. The summed E-state index contributed by atoms with van der Waals surface area (Å²) in [5, 5.41) is 9.39. The molecule has 4 nitrogen and oxygen atoms in total. The highest BCUT2D eigenvalue weighted by molar-refractivity contribution is 9.10. The van der Waals surface area contributed by atoms with E-state index in [1.165, 1.54) is 0 Å².